The number of ether oxygens (including phenoxy) is 1. The van der Waals surface area contributed by atoms with E-state index in [1.807, 2.05) is 13.0 Å². The van der Waals surface area contributed by atoms with E-state index in [-0.39, 0.29) is 11.8 Å². The Morgan fingerprint density at radius 3 is 2.92 bits per heavy atom. The molecule has 25 heavy (non-hydrogen) atoms. The molecule has 130 valence electrons. The van der Waals surface area contributed by atoms with Crippen molar-refractivity contribution in [3.8, 4) is 17.3 Å². The fourth-order valence-electron chi connectivity index (χ4n) is 2.91. The average molecular weight is 339 g/mol. The van der Waals surface area contributed by atoms with Gasteiger partial charge in [-0.2, -0.15) is 5.10 Å². The van der Waals surface area contributed by atoms with Gasteiger partial charge in [-0.3, -0.25) is 9.89 Å². The van der Waals surface area contributed by atoms with Crippen molar-refractivity contribution in [1.29, 1.82) is 0 Å². The van der Waals surface area contributed by atoms with Crippen molar-refractivity contribution in [2.45, 2.75) is 33.1 Å². The number of nitrogens with zero attached hydrogens (tertiary/aromatic N) is 2. The van der Waals surface area contributed by atoms with Gasteiger partial charge in [-0.15, -0.1) is 0 Å². The predicted octanol–water partition coefficient (Wildman–Crippen LogP) is 3.26. The Balaban J connectivity index is 1.70. The summed E-state index contributed by atoms with van der Waals surface area (Å²) in [6.07, 6.45) is 4.42. The molecule has 0 aliphatic heterocycles. The summed E-state index contributed by atoms with van der Waals surface area (Å²) in [5.74, 6) is 1.70. The van der Waals surface area contributed by atoms with Gasteiger partial charge in [0.2, 0.25) is 5.91 Å². The number of rotatable bonds is 6. The van der Waals surface area contributed by atoms with Crippen LogP contribution in [0.5, 0.6) is 5.75 Å². The van der Waals surface area contributed by atoms with E-state index in [0.717, 1.165) is 41.6 Å². The minimum absolute atomic E-state index is 0.0469. The first kappa shape index (κ1) is 15.7. The van der Waals surface area contributed by atoms with E-state index in [1.165, 1.54) is 0 Å². The number of amides is 1. The molecule has 3 N–H and O–H groups in total. The van der Waals surface area contributed by atoms with Crippen molar-refractivity contribution < 1.29 is 9.53 Å². The molecule has 0 radical (unpaired) electrons. The second-order valence-electron chi connectivity index (χ2n) is 6.27. The van der Waals surface area contributed by atoms with Gasteiger partial charge < -0.3 is 15.0 Å². The van der Waals surface area contributed by atoms with Crippen molar-refractivity contribution in [2.24, 2.45) is 5.92 Å². The molecule has 0 atom stereocenters. The van der Waals surface area contributed by atoms with Gasteiger partial charge in [0.25, 0.3) is 0 Å². The van der Waals surface area contributed by atoms with Crippen LogP contribution in [-0.4, -0.2) is 32.7 Å². The van der Waals surface area contributed by atoms with Crippen molar-refractivity contribution in [3.05, 3.63) is 23.9 Å². The maximum Gasteiger partial charge on any atom is 0.227 e. The molecule has 7 heteroatoms. The van der Waals surface area contributed by atoms with Crippen LogP contribution in [0.15, 0.2) is 18.3 Å². The van der Waals surface area contributed by atoms with E-state index < -0.39 is 0 Å². The van der Waals surface area contributed by atoms with Crippen LogP contribution in [0.25, 0.3) is 22.6 Å². The van der Waals surface area contributed by atoms with Crippen LogP contribution in [0, 0.1) is 5.92 Å². The summed E-state index contributed by atoms with van der Waals surface area (Å²) in [7, 11) is 0. The zero-order valence-electron chi connectivity index (χ0n) is 14.3. The van der Waals surface area contributed by atoms with Crippen LogP contribution in [0.3, 0.4) is 0 Å². The smallest absolute Gasteiger partial charge is 0.227 e. The number of anilines is 1. The highest BCUT2D eigenvalue weighted by atomic mass is 16.5. The topological polar surface area (TPSA) is 95.7 Å². The normalized spacial score (nSPS) is 14.0. The number of carbonyl (C=O) groups excluding carboxylic acids is 1. The molecule has 4 rings (SSSR count). The summed E-state index contributed by atoms with van der Waals surface area (Å²) in [6, 6.07) is 4.02. The van der Waals surface area contributed by atoms with Crippen molar-refractivity contribution in [3.63, 3.8) is 0 Å². The molecule has 0 saturated heterocycles. The lowest BCUT2D eigenvalue weighted by Crippen LogP contribution is -2.13. The second kappa shape index (κ2) is 6.23. The lowest BCUT2D eigenvalue weighted by Gasteiger charge is -2.08. The quantitative estimate of drug-likeness (QED) is 0.642. The van der Waals surface area contributed by atoms with E-state index in [0.29, 0.717) is 23.8 Å². The first-order valence-electron chi connectivity index (χ1n) is 8.69. The molecular weight excluding hydrogens is 318 g/mol. The summed E-state index contributed by atoms with van der Waals surface area (Å²) in [5.41, 5.74) is 4.23. The number of fused-ring (bicyclic) bond motifs is 1. The Morgan fingerprint density at radius 2 is 2.20 bits per heavy atom. The third-order valence-electron chi connectivity index (χ3n) is 4.43. The summed E-state index contributed by atoms with van der Waals surface area (Å²) in [4.78, 5) is 20.0. The molecule has 2 aromatic heterocycles. The number of aryl methyl sites for hydroxylation is 1. The molecular formula is C18H21N5O2. The monoisotopic (exact) mass is 339 g/mol. The van der Waals surface area contributed by atoms with Crippen LogP contribution in [-0.2, 0) is 11.2 Å². The van der Waals surface area contributed by atoms with Crippen LogP contribution in [0.1, 0.15) is 32.3 Å². The lowest BCUT2D eigenvalue weighted by atomic mass is 10.1. The number of carbonyl (C=O) groups is 1. The molecule has 3 aromatic rings. The zero-order chi connectivity index (χ0) is 17.4. The van der Waals surface area contributed by atoms with Crippen molar-refractivity contribution >= 4 is 22.6 Å². The van der Waals surface area contributed by atoms with Gasteiger partial charge in [-0.1, -0.05) is 6.92 Å². The van der Waals surface area contributed by atoms with E-state index in [2.05, 4.69) is 38.5 Å². The molecule has 1 amide bonds. The Kier molecular flexibility index (Phi) is 3.91. The largest absolute Gasteiger partial charge is 0.494 e. The molecule has 2 heterocycles. The molecule has 1 aromatic carbocycles. The fraction of sp³-hybridized carbons (Fsp3) is 0.389. The molecule has 0 spiro atoms. The molecule has 1 aliphatic rings. The van der Waals surface area contributed by atoms with Gasteiger partial charge in [0.1, 0.15) is 11.4 Å². The van der Waals surface area contributed by atoms with Crippen molar-refractivity contribution in [1.82, 2.24) is 20.2 Å². The van der Waals surface area contributed by atoms with Crippen LogP contribution >= 0.6 is 0 Å². The van der Waals surface area contributed by atoms with Crippen LogP contribution in [0.2, 0.25) is 0 Å². The number of benzene rings is 1. The highest BCUT2D eigenvalue weighted by Gasteiger charge is 2.30. The van der Waals surface area contributed by atoms with E-state index >= 15 is 0 Å². The number of aromatic amines is 2. The first-order chi connectivity index (χ1) is 12.2. The van der Waals surface area contributed by atoms with E-state index in [4.69, 9.17) is 4.74 Å². The maximum atomic E-state index is 12.0. The van der Waals surface area contributed by atoms with Gasteiger partial charge in [0.15, 0.2) is 5.82 Å². The number of imidazole rings is 1. The van der Waals surface area contributed by atoms with Gasteiger partial charge >= 0.3 is 0 Å². The second-order valence-corrected chi connectivity index (χ2v) is 6.27. The Bertz CT molecular complexity index is 923. The van der Waals surface area contributed by atoms with E-state index in [1.54, 1.807) is 6.20 Å². The number of hydrogen-bond acceptors (Lipinski definition) is 4. The van der Waals surface area contributed by atoms with Gasteiger partial charge in [-0.05, 0) is 37.8 Å². The average Bonchev–Trinajstić information content (AvgIpc) is 3.23. The molecule has 0 unspecified atom stereocenters. The van der Waals surface area contributed by atoms with Gasteiger partial charge in [-0.25, -0.2) is 4.98 Å². The van der Waals surface area contributed by atoms with Crippen LogP contribution in [0.4, 0.5) is 5.69 Å². The van der Waals surface area contributed by atoms with Gasteiger partial charge in [0, 0.05) is 12.0 Å². The third-order valence-corrected chi connectivity index (χ3v) is 4.43. The van der Waals surface area contributed by atoms with E-state index in [9.17, 15) is 4.79 Å². The SMILES string of the molecule is CCOc1cc2nc(-c3[nH]ncc3NC(=O)C3CC3)[nH]c2cc1CC. The minimum atomic E-state index is 0.0469. The molecule has 1 aliphatic carbocycles. The van der Waals surface area contributed by atoms with Crippen molar-refractivity contribution in [2.75, 3.05) is 11.9 Å². The molecule has 0 bridgehead atoms. The predicted molar refractivity (Wildman–Crippen MR) is 95.6 cm³/mol. The Morgan fingerprint density at radius 1 is 1.36 bits per heavy atom. The zero-order valence-corrected chi connectivity index (χ0v) is 14.3. The lowest BCUT2D eigenvalue weighted by molar-refractivity contribution is -0.117. The number of nitrogens with one attached hydrogen (secondary N) is 3. The molecule has 1 saturated carbocycles. The standard InChI is InChI=1S/C18H21N5O2/c1-3-10-7-12-13(8-15(10)25-4-2)21-17(20-12)16-14(9-19-23-16)22-18(24)11-5-6-11/h7-9,11H,3-6H2,1-2H3,(H,19,23)(H,20,21)(H,22,24). The summed E-state index contributed by atoms with van der Waals surface area (Å²) in [5, 5.41) is 9.92. The summed E-state index contributed by atoms with van der Waals surface area (Å²) >= 11 is 0. The number of H-pyrrole nitrogens is 2. The minimum Gasteiger partial charge on any atom is -0.494 e. The fourth-order valence-corrected chi connectivity index (χ4v) is 2.91. The molecule has 7 nitrogen and oxygen atoms in total. The first-order valence-corrected chi connectivity index (χ1v) is 8.69. The summed E-state index contributed by atoms with van der Waals surface area (Å²) in [6.45, 7) is 4.69. The number of hydrogen-bond donors (Lipinski definition) is 3. The number of aromatic nitrogens is 4. The third kappa shape index (κ3) is 2.97. The molecule has 1 fully saturated rings. The Labute approximate surface area is 145 Å². The summed E-state index contributed by atoms with van der Waals surface area (Å²) < 4.78 is 5.71. The van der Waals surface area contributed by atoms with Crippen LogP contribution < -0.4 is 10.1 Å². The highest BCUT2D eigenvalue weighted by Crippen LogP contribution is 2.33. The van der Waals surface area contributed by atoms with Gasteiger partial charge in [0.05, 0.1) is 29.5 Å². The Hall–Kier alpha value is -2.83. The maximum absolute atomic E-state index is 12.0. The highest BCUT2D eigenvalue weighted by molar-refractivity contribution is 5.97.